The first-order valence-corrected chi connectivity index (χ1v) is 10.2. The number of amides is 1. The van der Waals surface area contributed by atoms with Crippen LogP contribution in [0.1, 0.15) is 21.8 Å². The molecule has 1 saturated heterocycles. The third-order valence-corrected chi connectivity index (χ3v) is 6.87. The zero-order chi connectivity index (χ0) is 20.5. The second-order valence-electron chi connectivity index (χ2n) is 6.42. The van der Waals surface area contributed by atoms with Gasteiger partial charge in [0.2, 0.25) is 10.0 Å². The number of sulfonamides is 1. The van der Waals surface area contributed by atoms with Crippen molar-refractivity contribution in [2.45, 2.75) is 18.7 Å². The predicted molar refractivity (Wildman–Crippen MR) is 100 cm³/mol. The fourth-order valence-corrected chi connectivity index (χ4v) is 4.97. The Balaban J connectivity index is 1.73. The summed E-state index contributed by atoms with van der Waals surface area (Å²) in [6.45, 7) is 4.15. The van der Waals surface area contributed by atoms with E-state index < -0.39 is 10.0 Å². The summed E-state index contributed by atoms with van der Waals surface area (Å²) in [6.07, 6.45) is 0. The molecular weight excluding hydrogens is 386 g/mol. The summed E-state index contributed by atoms with van der Waals surface area (Å²) in [4.78, 5) is 14.5. The zero-order valence-corrected chi connectivity index (χ0v) is 17.1. The Morgan fingerprint density at radius 3 is 2.25 bits per heavy atom. The van der Waals surface area contributed by atoms with Crippen LogP contribution in [-0.4, -0.2) is 69.1 Å². The Morgan fingerprint density at radius 2 is 1.71 bits per heavy atom. The second-order valence-corrected chi connectivity index (χ2v) is 8.29. The van der Waals surface area contributed by atoms with Crippen molar-refractivity contribution in [3.8, 4) is 11.5 Å². The van der Waals surface area contributed by atoms with Gasteiger partial charge in [-0.1, -0.05) is 5.16 Å². The summed E-state index contributed by atoms with van der Waals surface area (Å²) in [5.74, 6) is 1.08. The highest BCUT2D eigenvalue weighted by Gasteiger charge is 2.34. The number of ether oxygens (including phenoxy) is 2. The molecular formula is C18H23N3O6S. The molecule has 28 heavy (non-hydrogen) atoms. The molecule has 1 aromatic carbocycles. The van der Waals surface area contributed by atoms with E-state index in [1.54, 1.807) is 36.9 Å². The maximum Gasteiger partial charge on any atom is 0.254 e. The van der Waals surface area contributed by atoms with Crippen molar-refractivity contribution in [1.29, 1.82) is 0 Å². The number of aromatic nitrogens is 1. The highest BCUT2D eigenvalue weighted by molar-refractivity contribution is 7.89. The lowest BCUT2D eigenvalue weighted by atomic mass is 10.1. The lowest BCUT2D eigenvalue weighted by Crippen LogP contribution is -2.50. The van der Waals surface area contributed by atoms with Gasteiger partial charge in [0.25, 0.3) is 5.91 Å². The van der Waals surface area contributed by atoms with Gasteiger partial charge in [-0.05, 0) is 32.0 Å². The van der Waals surface area contributed by atoms with Crippen LogP contribution in [0.25, 0.3) is 0 Å². The van der Waals surface area contributed by atoms with Crippen molar-refractivity contribution >= 4 is 15.9 Å². The van der Waals surface area contributed by atoms with Crippen LogP contribution >= 0.6 is 0 Å². The lowest BCUT2D eigenvalue weighted by molar-refractivity contribution is 0.0697. The third-order valence-electron chi connectivity index (χ3n) is 4.72. The minimum Gasteiger partial charge on any atom is -0.493 e. The van der Waals surface area contributed by atoms with Crippen LogP contribution in [-0.2, 0) is 10.0 Å². The molecule has 1 aromatic heterocycles. The van der Waals surface area contributed by atoms with Crippen molar-refractivity contribution in [2.75, 3.05) is 40.4 Å². The molecule has 10 heteroatoms. The van der Waals surface area contributed by atoms with Gasteiger partial charge in [-0.2, -0.15) is 4.31 Å². The van der Waals surface area contributed by atoms with E-state index in [-0.39, 0.29) is 42.7 Å². The summed E-state index contributed by atoms with van der Waals surface area (Å²) in [5, 5.41) is 3.72. The molecule has 1 amide bonds. The zero-order valence-electron chi connectivity index (χ0n) is 16.3. The van der Waals surface area contributed by atoms with E-state index >= 15 is 0 Å². The summed E-state index contributed by atoms with van der Waals surface area (Å²) >= 11 is 0. The molecule has 0 unspecified atom stereocenters. The van der Waals surface area contributed by atoms with E-state index in [2.05, 4.69) is 5.16 Å². The third kappa shape index (κ3) is 3.57. The topological polar surface area (TPSA) is 102 Å². The van der Waals surface area contributed by atoms with Gasteiger partial charge in [-0.25, -0.2) is 8.42 Å². The first-order chi connectivity index (χ1) is 13.3. The molecule has 152 valence electrons. The van der Waals surface area contributed by atoms with Crippen molar-refractivity contribution in [2.24, 2.45) is 0 Å². The van der Waals surface area contributed by atoms with Gasteiger partial charge in [0.15, 0.2) is 17.3 Å². The standard InChI is InChI=1S/C18H23N3O6S/c1-12-17(13(2)27-19-12)28(23,24)21-9-7-20(8-10-21)18(22)14-5-6-15(25-3)16(11-14)26-4/h5-6,11H,7-10H2,1-4H3. The number of aryl methyl sites for hydroxylation is 2. The van der Waals surface area contributed by atoms with E-state index in [1.807, 2.05) is 0 Å². The van der Waals surface area contributed by atoms with Crippen LogP contribution in [0.15, 0.2) is 27.6 Å². The monoisotopic (exact) mass is 409 g/mol. The fraction of sp³-hybridized carbons (Fsp3) is 0.444. The normalized spacial score (nSPS) is 15.5. The van der Waals surface area contributed by atoms with E-state index in [0.29, 0.717) is 22.8 Å². The average Bonchev–Trinajstić information content (AvgIpc) is 3.05. The SMILES string of the molecule is COc1ccc(C(=O)N2CCN(S(=O)(=O)c3c(C)noc3C)CC2)cc1OC. The highest BCUT2D eigenvalue weighted by Crippen LogP contribution is 2.29. The van der Waals surface area contributed by atoms with Crippen molar-refractivity contribution in [3.05, 3.63) is 35.2 Å². The van der Waals surface area contributed by atoms with Gasteiger partial charge in [0, 0.05) is 31.7 Å². The molecule has 0 radical (unpaired) electrons. The lowest BCUT2D eigenvalue weighted by Gasteiger charge is -2.34. The molecule has 2 heterocycles. The van der Waals surface area contributed by atoms with Gasteiger partial charge >= 0.3 is 0 Å². The Kier molecular flexibility index (Phi) is 5.61. The van der Waals surface area contributed by atoms with E-state index in [0.717, 1.165) is 0 Å². The molecule has 1 fully saturated rings. The van der Waals surface area contributed by atoms with Crippen molar-refractivity contribution < 1.29 is 27.2 Å². The molecule has 9 nitrogen and oxygen atoms in total. The number of hydrogen-bond donors (Lipinski definition) is 0. The number of methoxy groups -OCH3 is 2. The van der Waals surface area contributed by atoms with Gasteiger partial charge in [0.1, 0.15) is 10.6 Å². The summed E-state index contributed by atoms with van der Waals surface area (Å²) < 4.78 is 42.5. The van der Waals surface area contributed by atoms with Crippen LogP contribution in [0.5, 0.6) is 11.5 Å². The first kappa shape index (κ1) is 20.2. The number of hydrogen-bond acceptors (Lipinski definition) is 7. The number of carbonyl (C=O) groups is 1. The molecule has 1 aliphatic rings. The molecule has 0 atom stereocenters. The van der Waals surface area contributed by atoms with Crippen LogP contribution in [0.3, 0.4) is 0 Å². The number of rotatable bonds is 5. The average molecular weight is 409 g/mol. The minimum absolute atomic E-state index is 0.104. The van der Waals surface area contributed by atoms with Gasteiger partial charge < -0.3 is 18.9 Å². The molecule has 0 N–H and O–H groups in total. The summed E-state index contributed by atoms with van der Waals surface area (Å²) in [5.41, 5.74) is 0.793. The second kappa shape index (κ2) is 7.80. The Bertz CT molecular complexity index is 958. The van der Waals surface area contributed by atoms with Crippen LogP contribution < -0.4 is 9.47 Å². The molecule has 0 aliphatic carbocycles. The molecule has 0 spiro atoms. The van der Waals surface area contributed by atoms with E-state index in [9.17, 15) is 13.2 Å². The van der Waals surface area contributed by atoms with Crippen molar-refractivity contribution in [1.82, 2.24) is 14.4 Å². The smallest absolute Gasteiger partial charge is 0.254 e. The van der Waals surface area contributed by atoms with Crippen molar-refractivity contribution in [3.63, 3.8) is 0 Å². The van der Waals surface area contributed by atoms with Crippen LogP contribution in [0, 0.1) is 13.8 Å². The highest BCUT2D eigenvalue weighted by atomic mass is 32.2. The number of nitrogens with zero attached hydrogens (tertiary/aromatic N) is 3. The van der Waals surface area contributed by atoms with Gasteiger partial charge in [-0.15, -0.1) is 0 Å². The van der Waals surface area contributed by atoms with Crippen LogP contribution in [0.2, 0.25) is 0 Å². The fourth-order valence-electron chi connectivity index (χ4n) is 3.26. The quantitative estimate of drug-likeness (QED) is 0.736. The first-order valence-electron chi connectivity index (χ1n) is 8.74. The molecule has 2 aromatic rings. The Morgan fingerprint density at radius 1 is 1.07 bits per heavy atom. The largest absolute Gasteiger partial charge is 0.493 e. The number of carbonyl (C=O) groups excluding carboxylic acids is 1. The van der Waals surface area contributed by atoms with Gasteiger partial charge in [0.05, 0.1) is 14.2 Å². The Hall–Kier alpha value is -2.59. The Labute approximate surface area is 163 Å². The predicted octanol–water partition coefficient (Wildman–Crippen LogP) is 1.46. The molecule has 0 bridgehead atoms. The number of piperazine rings is 1. The summed E-state index contributed by atoms with van der Waals surface area (Å²) in [7, 11) is -0.681. The maximum atomic E-state index is 12.9. The minimum atomic E-state index is -3.71. The van der Waals surface area contributed by atoms with E-state index in [1.165, 1.54) is 18.5 Å². The van der Waals surface area contributed by atoms with E-state index in [4.69, 9.17) is 14.0 Å². The molecule has 1 aliphatic heterocycles. The number of benzene rings is 1. The van der Waals surface area contributed by atoms with Gasteiger partial charge in [-0.3, -0.25) is 4.79 Å². The molecule has 3 rings (SSSR count). The van der Waals surface area contributed by atoms with Crippen LogP contribution in [0.4, 0.5) is 0 Å². The maximum absolute atomic E-state index is 12.9. The summed E-state index contributed by atoms with van der Waals surface area (Å²) in [6, 6.07) is 4.95. The molecule has 0 saturated carbocycles.